The Morgan fingerprint density at radius 1 is 1.29 bits per heavy atom. The summed E-state index contributed by atoms with van der Waals surface area (Å²) in [5.74, 6) is 0.473. The molecular formula is C24H32N4O3. The first-order chi connectivity index (χ1) is 14.9. The maximum atomic E-state index is 13.4. The molecule has 0 bridgehead atoms. The maximum absolute atomic E-state index is 13.4. The van der Waals surface area contributed by atoms with E-state index in [1.807, 2.05) is 20.0 Å². The molecule has 7 heteroatoms. The highest BCUT2D eigenvalue weighted by molar-refractivity contribution is 6.19. The Bertz CT molecular complexity index is 967. The summed E-state index contributed by atoms with van der Waals surface area (Å²) in [5.41, 5.74) is 1.43. The number of aliphatic hydroxyl groups excluding tert-OH is 1. The number of carbonyl (C=O) groups is 2. The molecule has 31 heavy (non-hydrogen) atoms. The number of carbonyl (C=O) groups excluding carboxylic acids is 2. The van der Waals surface area contributed by atoms with Crippen molar-refractivity contribution in [2.24, 2.45) is 0 Å². The van der Waals surface area contributed by atoms with Crippen LogP contribution in [0.4, 0.5) is 0 Å². The van der Waals surface area contributed by atoms with E-state index in [1.165, 1.54) is 4.90 Å². The van der Waals surface area contributed by atoms with E-state index in [9.17, 15) is 14.7 Å². The van der Waals surface area contributed by atoms with Crippen molar-refractivity contribution in [1.82, 2.24) is 19.4 Å². The zero-order valence-electron chi connectivity index (χ0n) is 18.8. The molecule has 1 aromatic heterocycles. The lowest BCUT2D eigenvalue weighted by atomic mass is 9.96. The number of amides is 2. The van der Waals surface area contributed by atoms with Crippen LogP contribution in [0.2, 0.25) is 0 Å². The number of hydrogen-bond donors (Lipinski definition) is 1. The molecule has 1 saturated heterocycles. The third-order valence-corrected chi connectivity index (χ3v) is 6.04. The van der Waals surface area contributed by atoms with E-state index in [-0.39, 0.29) is 23.2 Å². The maximum Gasteiger partial charge on any atom is 0.267 e. The number of piperidine rings is 1. The monoisotopic (exact) mass is 424 g/mol. The van der Waals surface area contributed by atoms with Gasteiger partial charge in [-0.25, -0.2) is 4.98 Å². The van der Waals surface area contributed by atoms with E-state index in [2.05, 4.69) is 16.5 Å². The van der Waals surface area contributed by atoms with Crippen LogP contribution in [0.1, 0.15) is 58.7 Å². The molecule has 1 N–H and O–H groups in total. The van der Waals surface area contributed by atoms with Crippen LogP contribution in [0.25, 0.3) is 0 Å². The fraction of sp³-hybridized carbons (Fsp3) is 0.458. The van der Waals surface area contributed by atoms with Crippen molar-refractivity contribution in [3.05, 3.63) is 65.2 Å². The molecule has 0 aliphatic carbocycles. The molecule has 2 aliphatic heterocycles. The van der Waals surface area contributed by atoms with Crippen molar-refractivity contribution >= 4 is 11.8 Å². The van der Waals surface area contributed by atoms with Crippen molar-refractivity contribution < 1.29 is 14.7 Å². The predicted octanol–water partition coefficient (Wildman–Crippen LogP) is 4.04. The van der Waals surface area contributed by atoms with Gasteiger partial charge in [0.1, 0.15) is 17.2 Å². The molecule has 0 saturated carbocycles. The van der Waals surface area contributed by atoms with Gasteiger partial charge in [-0.15, -0.1) is 0 Å². The SMILES string of the molecule is C/C=C(/C(=O)N1CCCC(c2nccn2CC)C1)C(=O)N1C=CC=C(O)C1=C(C)CC. The van der Waals surface area contributed by atoms with Gasteiger partial charge in [0.25, 0.3) is 11.8 Å². The second-order valence-electron chi connectivity index (χ2n) is 7.92. The number of aliphatic hydroxyl groups is 1. The molecule has 2 aliphatic rings. The third kappa shape index (κ3) is 4.50. The van der Waals surface area contributed by atoms with Crippen molar-refractivity contribution in [3.8, 4) is 0 Å². The van der Waals surface area contributed by atoms with E-state index < -0.39 is 5.91 Å². The molecule has 1 fully saturated rings. The molecule has 3 rings (SSSR count). The zero-order valence-corrected chi connectivity index (χ0v) is 18.8. The summed E-state index contributed by atoms with van der Waals surface area (Å²) in [5, 5.41) is 10.4. The summed E-state index contributed by atoms with van der Waals surface area (Å²) >= 11 is 0. The van der Waals surface area contributed by atoms with Gasteiger partial charge < -0.3 is 14.6 Å². The molecule has 2 amide bonds. The molecule has 3 heterocycles. The smallest absolute Gasteiger partial charge is 0.267 e. The van der Waals surface area contributed by atoms with Gasteiger partial charge in [0.15, 0.2) is 0 Å². The number of allylic oxidation sites excluding steroid dienone is 4. The Balaban J connectivity index is 1.82. The number of rotatable bonds is 5. The van der Waals surface area contributed by atoms with Crippen LogP contribution in [-0.2, 0) is 16.1 Å². The number of likely N-dealkylation sites (tertiary alicyclic amines) is 1. The topological polar surface area (TPSA) is 78.7 Å². The van der Waals surface area contributed by atoms with E-state index in [0.29, 0.717) is 25.2 Å². The van der Waals surface area contributed by atoms with Crippen molar-refractivity contribution in [3.63, 3.8) is 0 Å². The lowest BCUT2D eigenvalue weighted by Gasteiger charge is -2.34. The Morgan fingerprint density at radius 3 is 2.74 bits per heavy atom. The summed E-state index contributed by atoms with van der Waals surface area (Å²) in [6.45, 7) is 9.61. The fourth-order valence-corrected chi connectivity index (χ4v) is 4.22. The van der Waals surface area contributed by atoms with E-state index >= 15 is 0 Å². The lowest BCUT2D eigenvalue weighted by molar-refractivity contribution is -0.133. The standard InChI is InChI=1S/C24H32N4O3/c1-5-17(4)21-20(29)11-9-14-28(21)24(31)19(6-2)23(30)27-13-8-10-18(16-27)22-25-12-15-26(22)7-3/h6,9,11-12,14-15,18,29H,5,7-8,10,13,16H2,1-4H3/b19-6-,21-17?. The second-order valence-corrected chi connectivity index (χ2v) is 7.92. The van der Waals surface area contributed by atoms with Crippen LogP contribution in [0, 0.1) is 0 Å². The van der Waals surface area contributed by atoms with Gasteiger partial charge in [-0.05, 0) is 57.8 Å². The molecule has 0 spiro atoms. The third-order valence-electron chi connectivity index (χ3n) is 6.04. The van der Waals surface area contributed by atoms with Crippen LogP contribution < -0.4 is 0 Å². The summed E-state index contributed by atoms with van der Waals surface area (Å²) in [6.07, 6.45) is 12.6. The zero-order chi connectivity index (χ0) is 22.5. The average Bonchev–Trinajstić information content (AvgIpc) is 3.27. The minimum absolute atomic E-state index is 0.0301. The summed E-state index contributed by atoms with van der Waals surface area (Å²) in [7, 11) is 0. The van der Waals surface area contributed by atoms with Gasteiger partial charge in [0, 0.05) is 44.1 Å². The number of imidazole rings is 1. The molecule has 1 unspecified atom stereocenters. The number of nitrogens with zero attached hydrogens (tertiary/aromatic N) is 4. The van der Waals surface area contributed by atoms with Crippen LogP contribution in [0.5, 0.6) is 0 Å². The highest BCUT2D eigenvalue weighted by Crippen LogP contribution is 2.29. The minimum atomic E-state index is -0.427. The van der Waals surface area contributed by atoms with Crippen molar-refractivity contribution in [2.45, 2.75) is 59.4 Å². The first-order valence-electron chi connectivity index (χ1n) is 11.0. The minimum Gasteiger partial charge on any atom is -0.506 e. The summed E-state index contributed by atoms with van der Waals surface area (Å²) in [6, 6.07) is 0. The molecule has 7 nitrogen and oxygen atoms in total. The van der Waals surface area contributed by atoms with Gasteiger partial charge in [-0.2, -0.15) is 0 Å². The lowest BCUT2D eigenvalue weighted by Crippen LogP contribution is -2.43. The van der Waals surface area contributed by atoms with Gasteiger partial charge in [-0.1, -0.05) is 13.0 Å². The molecule has 1 atom stereocenters. The van der Waals surface area contributed by atoms with Gasteiger partial charge in [0.05, 0.1) is 5.70 Å². The molecular weight excluding hydrogens is 392 g/mol. The van der Waals surface area contributed by atoms with Crippen LogP contribution in [0.15, 0.2) is 59.4 Å². The first-order valence-corrected chi connectivity index (χ1v) is 11.0. The first kappa shape index (κ1) is 22.6. The highest BCUT2D eigenvalue weighted by atomic mass is 16.3. The predicted molar refractivity (Wildman–Crippen MR) is 120 cm³/mol. The molecule has 166 valence electrons. The largest absolute Gasteiger partial charge is 0.506 e. The van der Waals surface area contributed by atoms with Gasteiger partial charge in [0.2, 0.25) is 0 Å². The fourth-order valence-electron chi connectivity index (χ4n) is 4.22. The van der Waals surface area contributed by atoms with E-state index in [0.717, 1.165) is 30.8 Å². The summed E-state index contributed by atoms with van der Waals surface area (Å²) < 4.78 is 2.11. The Morgan fingerprint density at radius 2 is 2.06 bits per heavy atom. The number of aromatic nitrogens is 2. The second kappa shape index (κ2) is 9.81. The molecule has 1 aromatic rings. The Hall–Kier alpha value is -3.09. The summed E-state index contributed by atoms with van der Waals surface area (Å²) in [4.78, 5) is 34.4. The van der Waals surface area contributed by atoms with Gasteiger partial charge in [-0.3, -0.25) is 14.5 Å². The van der Waals surface area contributed by atoms with Gasteiger partial charge >= 0.3 is 0 Å². The van der Waals surface area contributed by atoms with Crippen LogP contribution in [0.3, 0.4) is 0 Å². The van der Waals surface area contributed by atoms with Crippen molar-refractivity contribution in [2.75, 3.05) is 13.1 Å². The number of aryl methyl sites for hydroxylation is 1. The van der Waals surface area contributed by atoms with Crippen LogP contribution in [-0.4, -0.2) is 49.4 Å². The quantitative estimate of drug-likeness (QED) is 0.440. The van der Waals surface area contributed by atoms with E-state index in [1.54, 1.807) is 42.4 Å². The van der Waals surface area contributed by atoms with E-state index in [4.69, 9.17) is 0 Å². The van der Waals surface area contributed by atoms with Crippen molar-refractivity contribution in [1.29, 1.82) is 0 Å². The Labute approximate surface area is 184 Å². The Kier molecular flexibility index (Phi) is 7.15. The normalized spacial score (nSPS) is 21.2. The molecule has 0 radical (unpaired) electrons. The average molecular weight is 425 g/mol. The number of hydrogen-bond acceptors (Lipinski definition) is 4. The highest BCUT2D eigenvalue weighted by Gasteiger charge is 2.33. The van der Waals surface area contributed by atoms with Crippen LogP contribution >= 0.6 is 0 Å². The molecule has 0 aromatic carbocycles.